The fourth-order valence-electron chi connectivity index (χ4n) is 2.59. The third-order valence-corrected chi connectivity index (χ3v) is 3.99. The summed E-state index contributed by atoms with van der Waals surface area (Å²) in [4.78, 5) is 16.9. The molecule has 0 aliphatic carbocycles. The summed E-state index contributed by atoms with van der Waals surface area (Å²) in [5.74, 6) is 0.520. The van der Waals surface area contributed by atoms with E-state index < -0.39 is 0 Å². The van der Waals surface area contributed by atoms with E-state index in [2.05, 4.69) is 29.4 Å². The zero-order valence-electron chi connectivity index (χ0n) is 14.3. The molecule has 0 saturated carbocycles. The smallest absolute Gasteiger partial charge is 0.251 e. The number of nitrogens with zero attached hydrogens (tertiary/aromatic N) is 1. The van der Waals surface area contributed by atoms with Crippen molar-refractivity contribution in [2.24, 2.45) is 0 Å². The van der Waals surface area contributed by atoms with Crippen molar-refractivity contribution in [3.8, 4) is 17.0 Å². The number of carbonyl (C=O) groups excluding carboxylic acids is 1. The van der Waals surface area contributed by atoms with Crippen LogP contribution >= 0.6 is 0 Å². The van der Waals surface area contributed by atoms with Crippen molar-refractivity contribution in [1.29, 1.82) is 0 Å². The van der Waals surface area contributed by atoms with Crippen LogP contribution < -0.4 is 10.1 Å². The number of rotatable bonds is 5. The Balaban J connectivity index is 1.77. The molecule has 126 valence electrons. The molecule has 0 aliphatic rings. The maximum atomic E-state index is 12.4. The summed E-state index contributed by atoms with van der Waals surface area (Å²) in [6.45, 7) is 2.46. The van der Waals surface area contributed by atoms with E-state index in [1.165, 1.54) is 5.56 Å². The fourth-order valence-corrected chi connectivity index (χ4v) is 2.59. The highest BCUT2D eigenvalue weighted by Crippen LogP contribution is 2.21. The number of benzene rings is 2. The van der Waals surface area contributed by atoms with Gasteiger partial charge in [0.1, 0.15) is 5.75 Å². The average molecular weight is 332 g/mol. The molecule has 0 saturated heterocycles. The third kappa shape index (κ3) is 4.04. The number of carbonyl (C=O) groups is 1. The van der Waals surface area contributed by atoms with Gasteiger partial charge in [0, 0.05) is 23.9 Å². The minimum atomic E-state index is -0.141. The van der Waals surface area contributed by atoms with Crippen LogP contribution in [0.15, 0.2) is 66.9 Å². The van der Waals surface area contributed by atoms with E-state index in [1.54, 1.807) is 31.5 Å². The Morgan fingerprint density at radius 2 is 1.88 bits per heavy atom. The van der Waals surface area contributed by atoms with E-state index in [-0.39, 0.29) is 5.91 Å². The molecule has 4 heteroatoms. The molecule has 1 heterocycles. The van der Waals surface area contributed by atoms with Crippen LogP contribution in [0.3, 0.4) is 0 Å². The van der Waals surface area contributed by atoms with E-state index in [0.717, 1.165) is 16.8 Å². The molecular formula is C21H20N2O2. The molecule has 3 rings (SSSR count). The first-order chi connectivity index (χ1) is 12.2. The van der Waals surface area contributed by atoms with E-state index >= 15 is 0 Å². The molecule has 1 amide bonds. The lowest BCUT2D eigenvalue weighted by molar-refractivity contribution is 0.0950. The van der Waals surface area contributed by atoms with Crippen molar-refractivity contribution < 1.29 is 9.53 Å². The van der Waals surface area contributed by atoms with Gasteiger partial charge in [-0.3, -0.25) is 9.78 Å². The summed E-state index contributed by atoms with van der Waals surface area (Å²) in [5.41, 5.74) is 4.67. The van der Waals surface area contributed by atoms with Crippen LogP contribution in [0.4, 0.5) is 0 Å². The molecule has 0 bridgehead atoms. The van der Waals surface area contributed by atoms with Crippen molar-refractivity contribution in [3.63, 3.8) is 0 Å². The summed E-state index contributed by atoms with van der Waals surface area (Å²) in [5, 5.41) is 2.95. The molecule has 1 N–H and O–H groups in total. The quantitative estimate of drug-likeness (QED) is 0.768. The minimum absolute atomic E-state index is 0.141. The topological polar surface area (TPSA) is 51.2 Å². The van der Waals surface area contributed by atoms with E-state index in [4.69, 9.17) is 4.74 Å². The Labute approximate surface area is 147 Å². The van der Waals surface area contributed by atoms with Gasteiger partial charge in [0.2, 0.25) is 0 Å². The van der Waals surface area contributed by atoms with Gasteiger partial charge in [-0.05, 0) is 36.8 Å². The van der Waals surface area contributed by atoms with Gasteiger partial charge < -0.3 is 10.1 Å². The second-order valence-electron chi connectivity index (χ2n) is 5.79. The molecule has 0 atom stereocenters. The lowest BCUT2D eigenvalue weighted by Crippen LogP contribution is -2.23. The van der Waals surface area contributed by atoms with Crippen LogP contribution in [0.2, 0.25) is 0 Å². The molecule has 0 unspecified atom stereocenters. The Bertz CT molecular complexity index is 873. The number of amides is 1. The number of nitrogens with one attached hydrogen (secondary N) is 1. The molecule has 0 radical (unpaired) electrons. The molecule has 1 aromatic heterocycles. The monoisotopic (exact) mass is 332 g/mol. The number of ether oxygens (including phenoxy) is 1. The molecular weight excluding hydrogens is 312 g/mol. The van der Waals surface area contributed by atoms with Gasteiger partial charge in [-0.15, -0.1) is 0 Å². The molecule has 2 aromatic carbocycles. The second kappa shape index (κ2) is 7.62. The van der Waals surface area contributed by atoms with Crippen LogP contribution in [0, 0.1) is 6.92 Å². The van der Waals surface area contributed by atoms with Gasteiger partial charge in [0.15, 0.2) is 0 Å². The Morgan fingerprint density at radius 3 is 2.64 bits per heavy atom. The molecule has 0 fully saturated rings. The lowest BCUT2D eigenvalue weighted by atomic mass is 10.0. The first kappa shape index (κ1) is 16.7. The van der Waals surface area contributed by atoms with E-state index in [9.17, 15) is 4.79 Å². The molecule has 4 nitrogen and oxygen atoms in total. The predicted molar refractivity (Wildman–Crippen MR) is 98.6 cm³/mol. The van der Waals surface area contributed by atoms with Crippen LogP contribution in [0.5, 0.6) is 5.75 Å². The van der Waals surface area contributed by atoms with Gasteiger partial charge in [-0.1, -0.05) is 42.0 Å². The van der Waals surface area contributed by atoms with E-state index in [0.29, 0.717) is 17.9 Å². The van der Waals surface area contributed by atoms with Gasteiger partial charge >= 0.3 is 0 Å². The molecule has 3 aromatic rings. The van der Waals surface area contributed by atoms with Crippen LogP contribution in [0.25, 0.3) is 11.3 Å². The highest BCUT2D eigenvalue weighted by atomic mass is 16.5. The number of pyridine rings is 1. The van der Waals surface area contributed by atoms with Crippen molar-refractivity contribution in [1.82, 2.24) is 10.3 Å². The number of methoxy groups -OCH3 is 1. The second-order valence-corrected chi connectivity index (χ2v) is 5.79. The first-order valence-electron chi connectivity index (χ1n) is 8.10. The van der Waals surface area contributed by atoms with Gasteiger partial charge in [0.25, 0.3) is 5.91 Å². The summed E-state index contributed by atoms with van der Waals surface area (Å²) in [6.07, 6.45) is 1.77. The largest absolute Gasteiger partial charge is 0.497 e. The lowest BCUT2D eigenvalue weighted by Gasteiger charge is -2.11. The van der Waals surface area contributed by atoms with Gasteiger partial charge in [0.05, 0.1) is 12.8 Å². The van der Waals surface area contributed by atoms with Crippen molar-refractivity contribution in [2.45, 2.75) is 13.5 Å². The maximum absolute atomic E-state index is 12.4. The summed E-state index contributed by atoms with van der Waals surface area (Å²) in [6, 6.07) is 19.2. The Kier molecular flexibility index (Phi) is 5.09. The SMILES string of the molecule is COc1cccc(C(=O)NCc2cccnc2-c2ccc(C)cc2)c1. The average Bonchev–Trinajstić information content (AvgIpc) is 2.67. The zero-order chi connectivity index (χ0) is 17.6. The van der Waals surface area contributed by atoms with Crippen molar-refractivity contribution >= 4 is 5.91 Å². The van der Waals surface area contributed by atoms with E-state index in [1.807, 2.05) is 30.3 Å². The minimum Gasteiger partial charge on any atom is -0.497 e. The van der Waals surface area contributed by atoms with Crippen LogP contribution in [0.1, 0.15) is 21.5 Å². The summed E-state index contributed by atoms with van der Waals surface area (Å²) < 4.78 is 5.16. The Hall–Kier alpha value is -3.14. The highest BCUT2D eigenvalue weighted by Gasteiger charge is 2.10. The van der Waals surface area contributed by atoms with Gasteiger partial charge in [-0.25, -0.2) is 0 Å². The number of aromatic nitrogens is 1. The summed E-state index contributed by atoms with van der Waals surface area (Å²) >= 11 is 0. The van der Waals surface area contributed by atoms with Crippen LogP contribution in [-0.4, -0.2) is 18.0 Å². The molecule has 0 aliphatic heterocycles. The number of hydrogen-bond donors (Lipinski definition) is 1. The van der Waals surface area contributed by atoms with Crippen molar-refractivity contribution in [2.75, 3.05) is 7.11 Å². The highest BCUT2D eigenvalue weighted by molar-refractivity contribution is 5.94. The zero-order valence-corrected chi connectivity index (χ0v) is 14.3. The van der Waals surface area contributed by atoms with Crippen LogP contribution in [-0.2, 0) is 6.54 Å². The van der Waals surface area contributed by atoms with Crippen molar-refractivity contribution in [3.05, 3.63) is 83.6 Å². The maximum Gasteiger partial charge on any atom is 0.251 e. The number of aryl methyl sites for hydroxylation is 1. The predicted octanol–water partition coefficient (Wildman–Crippen LogP) is 4.00. The summed E-state index contributed by atoms with van der Waals surface area (Å²) in [7, 11) is 1.58. The molecule has 25 heavy (non-hydrogen) atoms. The fraction of sp³-hybridized carbons (Fsp3) is 0.143. The third-order valence-electron chi connectivity index (χ3n) is 3.99. The Morgan fingerprint density at radius 1 is 1.08 bits per heavy atom. The normalized spacial score (nSPS) is 10.3. The standard InChI is InChI=1S/C21H20N2O2/c1-15-8-10-16(11-9-15)20-18(6-4-12-22-20)14-23-21(24)17-5-3-7-19(13-17)25-2/h3-13H,14H2,1-2H3,(H,23,24). The van der Waals surface area contributed by atoms with Gasteiger partial charge in [-0.2, -0.15) is 0 Å². The number of hydrogen-bond acceptors (Lipinski definition) is 3. The molecule has 0 spiro atoms. The first-order valence-corrected chi connectivity index (χ1v) is 8.10.